The number of carbonyl (C=O) groups is 1. The summed E-state index contributed by atoms with van der Waals surface area (Å²) < 4.78 is 0. The molecule has 0 radical (unpaired) electrons. The third-order valence-corrected chi connectivity index (χ3v) is 4.00. The number of aliphatic carboxylic acids is 1. The highest BCUT2D eigenvalue weighted by Crippen LogP contribution is 2.61. The lowest BCUT2D eigenvalue weighted by Crippen LogP contribution is -2.29. The number of hydrogen-bond acceptors (Lipinski definition) is 1. The standard InChI is InChI=1S/C11H15ClO2/c1-7(6-12)3-11(10(13)14)4-8-2-9(8)5-11/h6,8-9H,2-5H2,1H3,(H,13,14). The zero-order valence-electron chi connectivity index (χ0n) is 8.29. The van der Waals surface area contributed by atoms with Crippen LogP contribution in [0.15, 0.2) is 11.1 Å². The van der Waals surface area contributed by atoms with Gasteiger partial charge in [0, 0.05) is 5.54 Å². The number of rotatable bonds is 3. The van der Waals surface area contributed by atoms with Gasteiger partial charge in [-0.2, -0.15) is 0 Å². The Labute approximate surface area is 88.9 Å². The maximum Gasteiger partial charge on any atom is 0.309 e. The van der Waals surface area contributed by atoms with Crippen LogP contribution in [0.2, 0.25) is 0 Å². The predicted octanol–water partition coefficient (Wildman–Crippen LogP) is 3.02. The summed E-state index contributed by atoms with van der Waals surface area (Å²) in [5.41, 5.74) is 1.99. The van der Waals surface area contributed by atoms with Crippen LogP contribution in [-0.2, 0) is 4.79 Å². The molecule has 78 valence electrons. The molecule has 1 N–H and O–H groups in total. The largest absolute Gasteiger partial charge is 0.481 e. The molecule has 2 aliphatic carbocycles. The maximum absolute atomic E-state index is 11.3. The van der Waals surface area contributed by atoms with Crippen molar-refractivity contribution in [1.29, 1.82) is 0 Å². The van der Waals surface area contributed by atoms with Gasteiger partial charge in [0.2, 0.25) is 0 Å². The molecule has 0 saturated heterocycles. The summed E-state index contributed by atoms with van der Waals surface area (Å²) in [7, 11) is 0. The van der Waals surface area contributed by atoms with E-state index in [0.717, 1.165) is 18.4 Å². The summed E-state index contributed by atoms with van der Waals surface area (Å²) in [5.74, 6) is 0.742. The zero-order chi connectivity index (χ0) is 10.3. The molecule has 0 heterocycles. The van der Waals surface area contributed by atoms with E-state index in [1.165, 1.54) is 12.0 Å². The van der Waals surface area contributed by atoms with E-state index in [-0.39, 0.29) is 0 Å². The van der Waals surface area contributed by atoms with Gasteiger partial charge in [0.1, 0.15) is 0 Å². The smallest absolute Gasteiger partial charge is 0.309 e. The van der Waals surface area contributed by atoms with Crippen LogP contribution in [0.3, 0.4) is 0 Å². The van der Waals surface area contributed by atoms with E-state index in [9.17, 15) is 9.90 Å². The van der Waals surface area contributed by atoms with Crippen molar-refractivity contribution in [2.45, 2.75) is 32.6 Å². The minimum absolute atomic E-state index is 0.497. The van der Waals surface area contributed by atoms with E-state index in [0.29, 0.717) is 18.3 Å². The van der Waals surface area contributed by atoms with Gasteiger partial charge < -0.3 is 5.11 Å². The number of carboxylic acid groups (broad SMARTS) is 1. The molecule has 2 atom stereocenters. The fourth-order valence-electron chi connectivity index (χ4n) is 2.86. The molecule has 2 rings (SSSR count). The number of carboxylic acids is 1. The highest BCUT2D eigenvalue weighted by atomic mass is 35.5. The van der Waals surface area contributed by atoms with E-state index in [1.807, 2.05) is 6.92 Å². The fourth-order valence-corrected chi connectivity index (χ4v) is 2.94. The van der Waals surface area contributed by atoms with Gasteiger partial charge in [0.15, 0.2) is 0 Å². The second-order valence-corrected chi connectivity index (χ2v) is 5.10. The lowest BCUT2D eigenvalue weighted by molar-refractivity contribution is -0.149. The molecule has 0 bridgehead atoms. The molecule has 2 aliphatic rings. The minimum atomic E-state index is -0.637. The van der Waals surface area contributed by atoms with E-state index in [2.05, 4.69) is 0 Å². The molecule has 2 saturated carbocycles. The highest BCUT2D eigenvalue weighted by Gasteiger charge is 2.57. The minimum Gasteiger partial charge on any atom is -0.481 e. The Morgan fingerprint density at radius 3 is 2.57 bits per heavy atom. The molecule has 2 unspecified atom stereocenters. The van der Waals surface area contributed by atoms with Crippen LogP contribution >= 0.6 is 11.6 Å². The van der Waals surface area contributed by atoms with Crippen molar-refractivity contribution in [2.24, 2.45) is 17.3 Å². The first-order valence-corrected chi connectivity index (χ1v) is 5.50. The molecule has 3 heteroatoms. The Morgan fingerprint density at radius 1 is 1.57 bits per heavy atom. The van der Waals surface area contributed by atoms with Crippen molar-refractivity contribution >= 4 is 17.6 Å². The molecular formula is C11H15ClO2. The molecular weight excluding hydrogens is 200 g/mol. The molecule has 2 nitrogen and oxygen atoms in total. The number of allylic oxidation sites excluding steroid dienone is 1. The Hall–Kier alpha value is -0.500. The van der Waals surface area contributed by atoms with E-state index < -0.39 is 11.4 Å². The first-order valence-electron chi connectivity index (χ1n) is 5.07. The highest BCUT2D eigenvalue weighted by molar-refractivity contribution is 6.25. The maximum atomic E-state index is 11.3. The van der Waals surface area contributed by atoms with Gasteiger partial charge >= 0.3 is 5.97 Å². The van der Waals surface area contributed by atoms with Crippen LogP contribution < -0.4 is 0 Å². The van der Waals surface area contributed by atoms with Crippen LogP contribution in [0.25, 0.3) is 0 Å². The third-order valence-electron chi connectivity index (χ3n) is 3.63. The molecule has 0 spiro atoms. The van der Waals surface area contributed by atoms with E-state index in [4.69, 9.17) is 11.6 Å². The van der Waals surface area contributed by atoms with E-state index >= 15 is 0 Å². The summed E-state index contributed by atoms with van der Waals surface area (Å²) in [4.78, 5) is 11.3. The van der Waals surface area contributed by atoms with Crippen LogP contribution in [0.5, 0.6) is 0 Å². The van der Waals surface area contributed by atoms with Crippen molar-refractivity contribution in [3.63, 3.8) is 0 Å². The topological polar surface area (TPSA) is 37.3 Å². The summed E-state index contributed by atoms with van der Waals surface area (Å²) >= 11 is 5.59. The van der Waals surface area contributed by atoms with E-state index in [1.54, 1.807) is 0 Å². The van der Waals surface area contributed by atoms with Gasteiger partial charge in [-0.05, 0) is 44.4 Å². The summed E-state index contributed by atoms with van der Waals surface area (Å²) in [6.45, 7) is 1.90. The van der Waals surface area contributed by atoms with Gasteiger partial charge in [-0.25, -0.2) is 0 Å². The van der Waals surface area contributed by atoms with Crippen molar-refractivity contribution in [3.8, 4) is 0 Å². The average Bonchev–Trinajstić information content (AvgIpc) is 2.74. The lowest BCUT2D eigenvalue weighted by atomic mass is 9.78. The van der Waals surface area contributed by atoms with Crippen molar-refractivity contribution < 1.29 is 9.90 Å². The van der Waals surface area contributed by atoms with Crippen LogP contribution in [0, 0.1) is 17.3 Å². The second-order valence-electron chi connectivity index (χ2n) is 4.88. The lowest BCUT2D eigenvalue weighted by Gasteiger charge is -2.26. The van der Waals surface area contributed by atoms with Crippen molar-refractivity contribution in [1.82, 2.24) is 0 Å². The summed E-state index contributed by atoms with van der Waals surface area (Å²) in [6, 6.07) is 0. The average molecular weight is 215 g/mol. The van der Waals surface area contributed by atoms with Gasteiger partial charge in [-0.15, -0.1) is 0 Å². The second kappa shape index (κ2) is 3.27. The van der Waals surface area contributed by atoms with Gasteiger partial charge in [0.25, 0.3) is 0 Å². The van der Waals surface area contributed by atoms with Gasteiger partial charge in [-0.3, -0.25) is 4.79 Å². The molecule has 0 amide bonds. The fraction of sp³-hybridized carbons (Fsp3) is 0.727. The number of fused-ring (bicyclic) bond motifs is 1. The zero-order valence-corrected chi connectivity index (χ0v) is 9.05. The molecule has 2 fully saturated rings. The number of hydrogen-bond donors (Lipinski definition) is 1. The SMILES string of the molecule is CC(=CCl)CC1(C(=O)O)CC2CC2C1. The quantitative estimate of drug-likeness (QED) is 0.784. The molecule has 0 aromatic carbocycles. The van der Waals surface area contributed by atoms with Crippen LogP contribution in [0.1, 0.15) is 32.6 Å². The Balaban J connectivity index is 2.11. The first kappa shape index (κ1) is 10.0. The molecule has 0 aliphatic heterocycles. The molecule has 0 aromatic heterocycles. The van der Waals surface area contributed by atoms with Gasteiger partial charge in [-0.1, -0.05) is 17.2 Å². The van der Waals surface area contributed by atoms with Crippen molar-refractivity contribution in [3.05, 3.63) is 11.1 Å². The molecule has 14 heavy (non-hydrogen) atoms. The summed E-state index contributed by atoms with van der Waals surface area (Å²) in [6.07, 6.45) is 3.58. The van der Waals surface area contributed by atoms with Crippen molar-refractivity contribution in [2.75, 3.05) is 0 Å². The third kappa shape index (κ3) is 1.56. The summed E-state index contributed by atoms with van der Waals surface area (Å²) in [5, 5.41) is 9.28. The first-order chi connectivity index (χ1) is 6.57. The van der Waals surface area contributed by atoms with Gasteiger partial charge in [0.05, 0.1) is 5.41 Å². The van der Waals surface area contributed by atoms with Crippen LogP contribution in [0.4, 0.5) is 0 Å². The monoisotopic (exact) mass is 214 g/mol. The Bertz CT molecular complexity index is 286. The molecule has 0 aromatic rings. The van der Waals surface area contributed by atoms with Crippen LogP contribution in [-0.4, -0.2) is 11.1 Å². The Morgan fingerprint density at radius 2 is 2.14 bits per heavy atom. The normalized spacial score (nSPS) is 40.9. The Kier molecular flexibility index (Phi) is 2.34. The number of halogens is 1. The predicted molar refractivity (Wildman–Crippen MR) is 55.1 cm³/mol.